The van der Waals surface area contributed by atoms with E-state index >= 15 is 0 Å². The molecule has 6 nitrogen and oxygen atoms in total. The lowest BCUT2D eigenvalue weighted by atomic mass is 10.0. The summed E-state index contributed by atoms with van der Waals surface area (Å²) in [4.78, 5) is 19.5. The smallest absolute Gasteiger partial charge is 0.259 e. The Balaban J connectivity index is 1.75. The van der Waals surface area contributed by atoms with Crippen LogP contribution >= 0.6 is 11.6 Å². The standard InChI is InChI=1S/C23H19ClFN3O3/c1-13-21-18(23(29)28(2)12-15-10-16(24)6-9-20(15)30-3)11-19(26-22(21)31-27-13)14-4-7-17(25)8-5-14/h4-11H,12H2,1-3H3. The molecule has 0 saturated carbocycles. The largest absolute Gasteiger partial charge is 0.496 e. The minimum absolute atomic E-state index is 0.246. The molecule has 0 bridgehead atoms. The van der Waals surface area contributed by atoms with E-state index < -0.39 is 0 Å². The number of fused-ring (bicyclic) bond motifs is 1. The van der Waals surface area contributed by atoms with Gasteiger partial charge in [0.2, 0.25) is 0 Å². The molecular weight excluding hydrogens is 421 g/mol. The molecule has 0 aliphatic heterocycles. The molecule has 31 heavy (non-hydrogen) atoms. The summed E-state index contributed by atoms with van der Waals surface area (Å²) in [6, 6.07) is 12.8. The SMILES string of the molecule is COc1ccc(Cl)cc1CN(C)C(=O)c1cc(-c2ccc(F)cc2)nc2onc(C)c12. The molecular formula is C23H19ClFN3O3. The zero-order valence-electron chi connectivity index (χ0n) is 17.1. The molecule has 4 rings (SSSR count). The molecule has 0 unspecified atom stereocenters. The average molecular weight is 440 g/mol. The Kier molecular flexibility index (Phi) is 5.61. The van der Waals surface area contributed by atoms with Crippen LogP contribution in [-0.2, 0) is 6.54 Å². The van der Waals surface area contributed by atoms with E-state index in [1.165, 1.54) is 12.1 Å². The minimum atomic E-state index is -0.355. The second kappa shape index (κ2) is 8.35. The predicted octanol–water partition coefficient (Wildman–Crippen LogP) is 5.27. The summed E-state index contributed by atoms with van der Waals surface area (Å²) in [5.41, 5.74) is 3.12. The van der Waals surface area contributed by atoms with E-state index in [1.807, 2.05) is 0 Å². The first-order chi connectivity index (χ1) is 14.9. The van der Waals surface area contributed by atoms with Gasteiger partial charge in [0.1, 0.15) is 11.6 Å². The van der Waals surface area contributed by atoms with Crippen molar-refractivity contribution in [3.8, 4) is 17.0 Å². The van der Waals surface area contributed by atoms with Gasteiger partial charge in [0.25, 0.3) is 11.6 Å². The van der Waals surface area contributed by atoms with Gasteiger partial charge in [-0.1, -0.05) is 16.8 Å². The number of ether oxygens (including phenoxy) is 1. The lowest BCUT2D eigenvalue weighted by Gasteiger charge is -2.20. The number of carbonyl (C=O) groups is 1. The molecule has 0 fully saturated rings. The zero-order chi connectivity index (χ0) is 22.1. The van der Waals surface area contributed by atoms with Crippen molar-refractivity contribution in [2.45, 2.75) is 13.5 Å². The molecule has 0 radical (unpaired) electrons. The van der Waals surface area contributed by atoms with Crippen LogP contribution < -0.4 is 4.74 Å². The second-order valence-electron chi connectivity index (χ2n) is 7.13. The Morgan fingerprint density at radius 1 is 1.19 bits per heavy atom. The van der Waals surface area contributed by atoms with Gasteiger partial charge in [0, 0.05) is 29.7 Å². The van der Waals surface area contributed by atoms with Gasteiger partial charge < -0.3 is 14.2 Å². The van der Waals surface area contributed by atoms with Gasteiger partial charge in [-0.05, 0) is 55.5 Å². The number of aryl methyl sites for hydroxylation is 1. The molecule has 0 atom stereocenters. The molecule has 0 aliphatic carbocycles. The van der Waals surface area contributed by atoms with Crippen LogP contribution in [-0.4, -0.2) is 35.1 Å². The van der Waals surface area contributed by atoms with Gasteiger partial charge in [-0.25, -0.2) is 9.37 Å². The highest BCUT2D eigenvalue weighted by Gasteiger charge is 2.22. The first-order valence-corrected chi connectivity index (χ1v) is 9.86. The van der Waals surface area contributed by atoms with Crippen LogP contribution in [0.15, 0.2) is 53.1 Å². The Bertz CT molecular complexity index is 1270. The molecule has 0 aliphatic rings. The van der Waals surface area contributed by atoms with E-state index in [4.69, 9.17) is 20.9 Å². The van der Waals surface area contributed by atoms with Crippen LogP contribution in [0.5, 0.6) is 5.75 Å². The van der Waals surface area contributed by atoms with Crippen molar-refractivity contribution >= 4 is 28.6 Å². The Labute approximate surface area is 183 Å². The van der Waals surface area contributed by atoms with Gasteiger partial charge in [0.15, 0.2) is 0 Å². The van der Waals surface area contributed by atoms with Gasteiger partial charge in [-0.15, -0.1) is 0 Å². The van der Waals surface area contributed by atoms with E-state index in [9.17, 15) is 9.18 Å². The Morgan fingerprint density at radius 3 is 2.65 bits per heavy atom. The Hall–Kier alpha value is -3.45. The number of pyridine rings is 1. The summed E-state index contributed by atoms with van der Waals surface area (Å²) in [7, 11) is 3.26. The van der Waals surface area contributed by atoms with E-state index in [-0.39, 0.29) is 24.0 Å². The summed E-state index contributed by atoms with van der Waals surface area (Å²) < 4.78 is 24.1. The lowest BCUT2D eigenvalue weighted by molar-refractivity contribution is 0.0786. The fourth-order valence-corrected chi connectivity index (χ4v) is 3.63. The van der Waals surface area contributed by atoms with Crippen LogP contribution in [0.3, 0.4) is 0 Å². The number of carbonyl (C=O) groups excluding carboxylic acids is 1. The number of hydrogen-bond acceptors (Lipinski definition) is 5. The van der Waals surface area contributed by atoms with Crippen molar-refractivity contribution in [2.75, 3.05) is 14.2 Å². The molecule has 0 saturated heterocycles. The van der Waals surface area contributed by atoms with Crippen LogP contribution in [0.1, 0.15) is 21.6 Å². The van der Waals surface area contributed by atoms with Crippen molar-refractivity contribution in [3.05, 3.63) is 76.2 Å². The third-order valence-corrected chi connectivity index (χ3v) is 5.22. The van der Waals surface area contributed by atoms with Gasteiger partial charge in [-0.3, -0.25) is 4.79 Å². The maximum atomic E-state index is 13.4. The summed E-state index contributed by atoms with van der Waals surface area (Å²) in [5, 5.41) is 5.06. The van der Waals surface area contributed by atoms with Gasteiger partial charge in [0.05, 0.1) is 29.4 Å². The van der Waals surface area contributed by atoms with Crippen LogP contribution in [0.4, 0.5) is 4.39 Å². The number of methoxy groups -OCH3 is 1. The molecule has 1 amide bonds. The normalized spacial score (nSPS) is 11.0. The molecule has 2 heterocycles. The van der Waals surface area contributed by atoms with Gasteiger partial charge in [-0.2, -0.15) is 0 Å². The topological polar surface area (TPSA) is 68.5 Å². The number of rotatable bonds is 5. The lowest BCUT2D eigenvalue weighted by Crippen LogP contribution is -2.26. The van der Waals surface area contributed by atoms with Crippen LogP contribution in [0.2, 0.25) is 5.02 Å². The molecule has 4 aromatic rings. The van der Waals surface area contributed by atoms with Crippen molar-refractivity contribution in [3.63, 3.8) is 0 Å². The van der Waals surface area contributed by atoms with Crippen molar-refractivity contribution < 1.29 is 18.4 Å². The highest BCUT2D eigenvalue weighted by atomic mass is 35.5. The van der Waals surface area contributed by atoms with Crippen LogP contribution in [0.25, 0.3) is 22.4 Å². The molecule has 158 valence electrons. The molecule has 0 spiro atoms. The number of nitrogens with zero attached hydrogens (tertiary/aromatic N) is 3. The van der Waals surface area contributed by atoms with E-state index in [2.05, 4.69) is 10.1 Å². The summed E-state index contributed by atoms with van der Waals surface area (Å²) in [6.45, 7) is 2.03. The third-order valence-electron chi connectivity index (χ3n) is 4.98. The second-order valence-corrected chi connectivity index (χ2v) is 7.56. The third kappa shape index (κ3) is 4.09. The van der Waals surface area contributed by atoms with Crippen molar-refractivity contribution in [1.29, 1.82) is 0 Å². The first kappa shape index (κ1) is 20.8. The summed E-state index contributed by atoms with van der Waals surface area (Å²) >= 11 is 6.12. The summed E-state index contributed by atoms with van der Waals surface area (Å²) in [6.07, 6.45) is 0. The maximum Gasteiger partial charge on any atom is 0.259 e. The minimum Gasteiger partial charge on any atom is -0.496 e. The molecule has 0 N–H and O–H groups in total. The van der Waals surface area contributed by atoms with Crippen LogP contribution in [0, 0.1) is 12.7 Å². The predicted molar refractivity (Wildman–Crippen MR) is 116 cm³/mol. The quantitative estimate of drug-likeness (QED) is 0.423. The van der Waals surface area contributed by atoms with Gasteiger partial charge >= 0.3 is 0 Å². The highest BCUT2D eigenvalue weighted by Crippen LogP contribution is 2.29. The number of benzene rings is 2. The first-order valence-electron chi connectivity index (χ1n) is 9.48. The van der Waals surface area contributed by atoms with Crippen molar-refractivity contribution in [2.24, 2.45) is 0 Å². The fourth-order valence-electron chi connectivity index (χ4n) is 3.44. The van der Waals surface area contributed by atoms with E-state index in [1.54, 1.807) is 62.4 Å². The number of amides is 1. The molecule has 8 heteroatoms. The number of aromatic nitrogens is 2. The highest BCUT2D eigenvalue weighted by molar-refractivity contribution is 6.30. The molecule has 2 aromatic carbocycles. The van der Waals surface area contributed by atoms with E-state index in [0.29, 0.717) is 38.7 Å². The molecule has 2 aromatic heterocycles. The maximum absolute atomic E-state index is 13.4. The van der Waals surface area contributed by atoms with E-state index in [0.717, 1.165) is 5.56 Å². The number of hydrogen-bond donors (Lipinski definition) is 0. The average Bonchev–Trinajstić information content (AvgIpc) is 3.14. The Morgan fingerprint density at radius 2 is 1.94 bits per heavy atom. The van der Waals surface area contributed by atoms with Crippen molar-refractivity contribution in [1.82, 2.24) is 15.0 Å². The monoisotopic (exact) mass is 439 g/mol. The summed E-state index contributed by atoms with van der Waals surface area (Å²) in [5.74, 6) is 0.0352. The number of halogens is 2. The zero-order valence-corrected chi connectivity index (χ0v) is 17.9. The fraction of sp³-hybridized carbons (Fsp3) is 0.174.